The van der Waals surface area contributed by atoms with Gasteiger partial charge in [0.05, 0.1) is 12.0 Å². The fraction of sp³-hybridized carbons (Fsp3) is 0.750. The van der Waals surface area contributed by atoms with Crippen molar-refractivity contribution in [2.75, 3.05) is 13.7 Å². The summed E-state index contributed by atoms with van der Waals surface area (Å²) in [5.41, 5.74) is -0.440. The molecular formula is C8H15O3. The van der Waals surface area contributed by atoms with E-state index in [9.17, 15) is 4.79 Å². The predicted molar refractivity (Wildman–Crippen MR) is 41.7 cm³/mol. The van der Waals surface area contributed by atoms with Gasteiger partial charge in [0.15, 0.2) is 6.61 Å². The molecule has 3 heteroatoms. The molecule has 0 atom stereocenters. The molecule has 0 spiro atoms. The Labute approximate surface area is 67.7 Å². The zero-order chi connectivity index (χ0) is 8.91. The molecule has 11 heavy (non-hydrogen) atoms. The molecule has 0 heterocycles. The van der Waals surface area contributed by atoms with Gasteiger partial charge in [0.2, 0.25) is 0 Å². The summed E-state index contributed by atoms with van der Waals surface area (Å²) in [4.78, 5) is 11.0. The summed E-state index contributed by atoms with van der Waals surface area (Å²) in [6, 6.07) is 0. The molecule has 0 aliphatic heterocycles. The smallest absolute Gasteiger partial charge is 0.311 e. The molecule has 3 nitrogen and oxygen atoms in total. The number of rotatable bonds is 3. The summed E-state index contributed by atoms with van der Waals surface area (Å²) in [5.74, 6) is -0.241. The molecule has 0 aliphatic rings. The van der Waals surface area contributed by atoms with Crippen molar-refractivity contribution >= 4 is 5.97 Å². The van der Waals surface area contributed by atoms with E-state index in [2.05, 4.69) is 4.74 Å². The number of esters is 1. The third-order valence-corrected chi connectivity index (χ3v) is 1.04. The van der Waals surface area contributed by atoms with Crippen LogP contribution >= 0.6 is 0 Å². The van der Waals surface area contributed by atoms with E-state index in [0.29, 0.717) is 6.61 Å². The average molecular weight is 159 g/mol. The molecule has 0 fully saturated rings. The predicted octanol–water partition coefficient (Wildman–Crippen LogP) is 1.38. The lowest BCUT2D eigenvalue weighted by molar-refractivity contribution is -0.150. The fourth-order valence-corrected chi connectivity index (χ4v) is 0.355. The van der Waals surface area contributed by atoms with Crippen molar-refractivity contribution in [3.63, 3.8) is 0 Å². The Morgan fingerprint density at radius 3 is 2.36 bits per heavy atom. The first-order chi connectivity index (χ1) is 4.98. The molecule has 0 N–H and O–H groups in total. The molecule has 1 radical (unpaired) electrons. The molecule has 0 unspecified atom stereocenters. The van der Waals surface area contributed by atoms with Crippen LogP contribution in [-0.4, -0.2) is 19.7 Å². The maximum absolute atomic E-state index is 11.0. The Bertz CT molecular complexity index is 124. The van der Waals surface area contributed by atoms with Gasteiger partial charge in [0.25, 0.3) is 0 Å². The van der Waals surface area contributed by atoms with E-state index in [0.717, 1.165) is 0 Å². The van der Waals surface area contributed by atoms with Gasteiger partial charge in [-0.15, -0.1) is 0 Å². The number of hydrogen-bond acceptors (Lipinski definition) is 3. The zero-order valence-electron chi connectivity index (χ0n) is 7.51. The van der Waals surface area contributed by atoms with Crippen molar-refractivity contribution in [3.8, 4) is 0 Å². The number of methoxy groups -OCH3 is 1. The quantitative estimate of drug-likeness (QED) is 0.461. The van der Waals surface area contributed by atoms with Crippen molar-refractivity contribution in [2.45, 2.75) is 20.8 Å². The lowest BCUT2D eigenvalue weighted by Gasteiger charge is -2.15. The highest BCUT2D eigenvalue weighted by atomic mass is 16.6. The highest BCUT2D eigenvalue weighted by molar-refractivity contribution is 5.75. The van der Waals surface area contributed by atoms with Crippen LogP contribution in [0.5, 0.6) is 0 Å². The van der Waals surface area contributed by atoms with E-state index < -0.39 is 5.41 Å². The highest BCUT2D eigenvalue weighted by Gasteiger charge is 2.22. The van der Waals surface area contributed by atoms with Crippen LogP contribution in [0.15, 0.2) is 0 Å². The molecule has 0 saturated carbocycles. The van der Waals surface area contributed by atoms with Crippen LogP contribution in [0.2, 0.25) is 0 Å². The van der Waals surface area contributed by atoms with E-state index in [1.807, 2.05) is 0 Å². The van der Waals surface area contributed by atoms with Crippen molar-refractivity contribution in [1.29, 1.82) is 0 Å². The Hall–Kier alpha value is -0.570. The second kappa shape index (κ2) is 4.34. The average Bonchev–Trinajstić information content (AvgIpc) is 1.86. The number of carbonyl (C=O) groups excluding carboxylic acids is 1. The van der Waals surface area contributed by atoms with E-state index in [1.54, 1.807) is 27.9 Å². The van der Waals surface area contributed by atoms with Gasteiger partial charge in [-0.1, -0.05) is 0 Å². The first kappa shape index (κ1) is 10.4. The van der Waals surface area contributed by atoms with Gasteiger partial charge in [-0.25, -0.2) is 0 Å². The minimum atomic E-state index is -0.440. The topological polar surface area (TPSA) is 35.5 Å². The van der Waals surface area contributed by atoms with Gasteiger partial charge >= 0.3 is 5.97 Å². The molecule has 0 bridgehead atoms. The lowest BCUT2D eigenvalue weighted by Crippen LogP contribution is -2.22. The largest absolute Gasteiger partial charge is 0.455 e. The van der Waals surface area contributed by atoms with Crippen LogP contribution in [0.1, 0.15) is 20.8 Å². The first-order valence-electron chi connectivity index (χ1n) is 3.50. The first-order valence-corrected chi connectivity index (χ1v) is 3.50. The van der Waals surface area contributed by atoms with Gasteiger partial charge in [0.1, 0.15) is 0 Å². The summed E-state index contributed by atoms with van der Waals surface area (Å²) in [5, 5.41) is 0. The number of hydrogen-bond donors (Lipinski definition) is 0. The summed E-state index contributed by atoms with van der Waals surface area (Å²) in [6.07, 6.45) is 0. The Morgan fingerprint density at radius 2 is 2.00 bits per heavy atom. The molecule has 0 rings (SSSR count). The van der Waals surface area contributed by atoms with Crippen LogP contribution in [0.4, 0.5) is 0 Å². The molecule has 0 aromatic heterocycles. The molecule has 65 valence electrons. The van der Waals surface area contributed by atoms with Crippen molar-refractivity contribution in [1.82, 2.24) is 0 Å². The Balaban J connectivity index is 3.54. The third kappa shape index (κ3) is 4.79. The zero-order valence-corrected chi connectivity index (χ0v) is 7.51. The van der Waals surface area contributed by atoms with Gasteiger partial charge in [-0.3, -0.25) is 4.79 Å². The highest BCUT2D eigenvalue weighted by Crippen LogP contribution is 2.15. The SMILES string of the molecule is COC[CH]OC(=O)C(C)(C)C. The standard InChI is InChI=1S/C8H15O3/c1-8(2,3)7(9)11-6-5-10-4/h6H,5H2,1-4H3. The second-order valence-electron chi connectivity index (χ2n) is 3.28. The summed E-state index contributed by atoms with van der Waals surface area (Å²) in [7, 11) is 1.54. The summed E-state index contributed by atoms with van der Waals surface area (Å²) < 4.78 is 9.43. The van der Waals surface area contributed by atoms with Crippen LogP contribution in [0.25, 0.3) is 0 Å². The molecule has 0 aromatic carbocycles. The Morgan fingerprint density at radius 1 is 1.45 bits per heavy atom. The molecule has 0 saturated heterocycles. The van der Waals surface area contributed by atoms with E-state index in [-0.39, 0.29) is 5.97 Å². The molecule has 0 aromatic rings. The van der Waals surface area contributed by atoms with Crippen LogP contribution in [-0.2, 0) is 14.3 Å². The van der Waals surface area contributed by atoms with Crippen molar-refractivity contribution in [3.05, 3.63) is 6.61 Å². The van der Waals surface area contributed by atoms with Crippen LogP contribution in [0.3, 0.4) is 0 Å². The van der Waals surface area contributed by atoms with E-state index in [1.165, 1.54) is 6.61 Å². The van der Waals surface area contributed by atoms with Crippen molar-refractivity contribution in [2.24, 2.45) is 5.41 Å². The number of ether oxygens (including phenoxy) is 2. The maximum atomic E-state index is 11.0. The minimum absolute atomic E-state index is 0.241. The van der Waals surface area contributed by atoms with Gasteiger partial charge in [-0.05, 0) is 20.8 Å². The van der Waals surface area contributed by atoms with Crippen LogP contribution < -0.4 is 0 Å². The normalized spacial score (nSPS) is 11.3. The monoisotopic (exact) mass is 159 g/mol. The maximum Gasteiger partial charge on any atom is 0.311 e. The molecule has 0 aliphatic carbocycles. The fourth-order valence-electron chi connectivity index (χ4n) is 0.355. The number of carbonyl (C=O) groups is 1. The van der Waals surface area contributed by atoms with Gasteiger partial charge in [-0.2, -0.15) is 0 Å². The molecular weight excluding hydrogens is 144 g/mol. The van der Waals surface area contributed by atoms with Gasteiger partial charge in [0, 0.05) is 7.11 Å². The van der Waals surface area contributed by atoms with E-state index >= 15 is 0 Å². The summed E-state index contributed by atoms with van der Waals surface area (Å²) >= 11 is 0. The third-order valence-electron chi connectivity index (χ3n) is 1.04. The summed E-state index contributed by atoms with van der Waals surface area (Å²) in [6.45, 7) is 7.09. The lowest BCUT2D eigenvalue weighted by atomic mass is 9.97. The van der Waals surface area contributed by atoms with Crippen LogP contribution in [0, 0.1) is 12.0 Å². The van der Waals surface area contributed by atoms with Crippen molar-refractivity contribution < 1.29 is 14.3 Å². The molecule has 0 amide bonds. The minimum Gasteiger partial charge on any atom is -0.455 e. The van der Waals surface area contributed by atoms with Gasteiger partial charge < -0.3 is 9.47 Å². The second-order valence-corrected chi connectivity index (χ2v) is 3.28. The van der Waals surface area contributed by atoms with E-state index in [4.69, 9.17) is 4.74 Å². The Kier molecular flexibility index (Phi) is 4.11.